The van der Waals surface area contributed by atoms with Crippen LogP contribution in [0.15, 0.2) is 206 Å². The summed E-state index contributed by atoms with van der Waals surface area (Å²) >= 11 is 1.87. The molecule has 2 nitrogen and oxygen atoms in total. The molecular weight excluding hydrogens is 661 g/mol. The van der Waals surface area contributed by atoms with E-state index in [0.717, 1.165) is 17.1 Å². The van der Waals surface area contributed by atoms with Crippen LogP contribution in [0.25, 0.3) is 70.3 Å². The number of thiophene rings is 1. The summed E-state index contributed by atoms with van der Waals surface area (Å²) in [6.45, 7) is 0. The fourth-order valence-corrected chi connectivity index (χ4v) is 8.87. The van der Waals surface area contributed by atoms with Gasteiger partial charge in [0.2, 0.25) is 0 Å². The maximum atomic E-state index is 2.42. The molecule has 0 aliphatic carbocycles. The average molecular weight is 695 g/mol. The molecule has 0 atom stereocenters. The van der Waals surface area contributed by atoms with Crippen LogP contribution < -0.4 is 4.90 Å². The molecule has 10 aromatic rings. The monoisotopic (exact) mass is 694 g/mol. The highest BCUT2D eigenvalue weighted by atomic mass is 32.1. The van der Waals surface area contributed by atoms with Crippen LogP contribution in [-0.2, 0) is 0 Å². The highest BCUT2D eigenvalue weighted by Gasteiger charge is 2.18. The minimum Gasteiger partial charge on any atom is -0.311 e. The van der Waals surface area contributed by atoms with Crippen LogP contribution >= 0.6 is 11.3 Å². The lowest BCUT2D eigenvalue weighted by molar-refractivity contribution is 1.19. The Labute approximate surface area is 313 Å². The third-order valence-electron chi connectivity index (χ3n) is 10.2. The van der Waals surface area contributed by atoms with Crippen LogP contribution in [0.5, 0.6) is 0 Å². The van der Waals surface area contributed by atoms with Gasteiger partial charge in [0.1, 0.15) is 4.83 Å². The molecule has 2 aromatic heterocycles. The van der Waals surface area contributed by atoms with Gasteiger partial charge in [-0.15, -0.1) is 11.3 Å². The zero-order valence-corrected chi connectivity index (χ0v) is 29.7. The van der Waals surface area contributed by atoms with Gasteiger partial charge < -0.3 is 9.47 Å². The molecule has 3 heteroatoms. The Morgan fingerprint density at radius 2 is 0.736 bits per heavy atom. The Morgan fingerprint density at radius 3 is 1.25 bits per heavy atom. The van der Waals surface area contributed by atoms with Crippen molar-refractivity contribution in [1.82, 2.24) is 4.57 Å². The molecule has 0 aliphatic rings. The molecule has 0 saturated heterocycles. The van der Waals surface area contributed by atoms with Gasteiger partial charge in [0.25, 0.3) is 0 Å². The highest BCUT2D eigenvalue weighted by Crippen LogP contribution is 2.43. The molecule has 0 N–H and O–H groups in total. The van der Waals surface area contributed by atoms with E-state index in [9.17, 15) is 0 Å². The first-order valence-electron chi connectivity index (χ1n) is 18.0. The fraction of sp³-hybridized carbons (Fsp3) is 0. The van der Waals surface area contributed by atoms with E-state index < -0.39 is 0 Å². The number of hydrogen-bond acceptors (Lipinski definition) is 2. The van der Waals surface area contributed by atoms with Crippen molar-refractivity contribution in [1.29, 1.82) is 0 Å². The van der Waals surface area contributed by atoms with E-state index in [4.69, 9.17) is 0 Å². The Balaban J connectivity index is 0.996. The highest BCUT2D eigenvalue weighted by molar-refractivity contribution is 7.25. The van der Waals surface area contributed by atoms with Crippen LogP contribution in [0.2, 0.25) is 0 Å². The Bertz CT molecular complexity index is 2750. The van der Waals surface area contributed by atoms with Gasteiger partial charge in [-0.3, -0.25) is 0 Å². The fourth-order valence-electron chi connectivity index (χ4n) is 7.62. The van der Waals surface area contributed by atoms with Crippen molar-refractivity contribution in [3.05, 3.63) is 206 Å². The molecule has 0 aliphatic heterocycles. The summed E-state index contributed by atoms with van der Waals surface area (Å²) in [7, 11) is 0. The Kier molecular flexibility index (Phi) is 7.71. The van der Waals surface area contributed by atoms with Crippen LogP contribution in [0.3, 0.4) is 0 Å². The van der Waals surface area contributed by atoms with Crippen molar-refractivity contribution in [3.63, 3.8) is 0 Å². The lowest BCUT2D eigenvalue weighted by atomic mass is 10.0. The van der Waals surface area contributed by atoms with Gasteiger partial charge in [-0.05, 0) is 94.0 Å². The van der Waals surface area contributed by atoms with Crippen molar-refractivity contribution in [2.75, 3.05) is 4.90 Å². The molecule has 2 heterocycles. The second-order valence-corrected chi connectivity index (χ2v) is 14.4. The summed E-state index contributed by atoms with van der Waals surface area (Å²) in [5.74, 6) is 0. The van der Waals surface area contributed by atoms with E-state index in [1.807, 2.05) is 11.3 Å². The lowest BCUT2D eigenvalue weighted by Crippen LogP contribution is -2.09. The van der Waals surface area contributed by atoms with Crippen LogP contribution in [0.1, 0.15) is 0 Å². The summed E-state index contributed by atoms with van der Waals surface area (Å²) < 4.78 is 3.74. The number of fused-ring (bicyclic) bond motifs is 5. The summed E-state index contributed by atoms with van der Waals surface area (Å²) in [4.78, 5) is 3.63. The van der Waals surface area contributed by atoms with Crippen molar-refractivity contribution >= 4 is 59.6 Å². The third kappa shape index (κ3) is 5.59. The Morgan fingerprint density at radius 1 is 0.340 bits per heavy atom. The maximum absolute atomic E-state index is 2.42. The van der Waals surface area contributed by atoms with Gasteiger partial charge in [-0.25, -0.2) is 0 Å². The maximum Gasteiger partial charge on any atom is 0.109 e. The Hall–Kier alpha value is -6.68. The minimum atomic E-state index is 1.11. The average Bonchev–Trinajstić information content (AvgIpc) is 3.77. The summed E-state index contributed by atoms with van der Waals surface area (Å²) in [6.07, 6.45) is 0. The van der Waals surface area contributed by atoms with E-state index >= 15 is 0 Å². The number of rotatable bonds is 7. The molecule has 53 heavy (non-hydrogen) atoms. The SMILES string of the molecule is c1ccc(-c2ccc(N(c3ccc(-c4ccccc4)cc3)c3ccc(-c4ccc(-n5c6ccccc6c6c7ccccc7sc65)cc4)cc3)cc2)cc1. The number of aromatic nitrogens is 1. The van der Waals surface area contributed by atoms with Crippen molar-refractivity contribution in [2.24, 2.45) is 0 Å². The van der Waals surface area contributed by atoms with E-state index in [2.05, 4.69) is 216 Å². The standard InChI is InChI=1S/C50H34N2S/c1-3-11-35(12-4-1)37-19-27-41(28-20-37)51(42-29-21-38(22-30-42)36-13-5-2-6-14-36)43-31-23-39(24-32-43)40-25-33-44(34-26-40)52-47-17-9-7-15-45(47)49-46-16-8-10-18-48(46)53-50(49)52/h1-34H. The van der Waals surface area contributed by atoms with Crippen molar-refractivity contribution < 1.29 is 0 Å². The normalized spacial score (nSPS) is 11.4. The molecule has 0 bridgehead atoms. The van der Waals surface area contributed by atoms with Gasteiger partial charge in [-0.1, -0.05) is 146 Å². The number of hydrogen-bond donors (Lipinski definition) is 0. The molecule has 0 spiro atoms. The number of benzene rings is 8. The van der Waals surface area contributed by atoms with Gasteiger partial charge in [0.05, 0.1) is 5.52 Å². The number of para-hydroxylation sites is 1. The summed E-state index contributed by atoms with van der Waals surface area (Å²) in [6, 6.07) is 74.3. The van der Waals surface area contributed by atoms with Crippen molar-refractivity contribution in [2.45, 2.75) is 0 Å². The zero-order chi connectivity index (χ0) is 35.1. The predicted octanol–water partition coefficient (Wildman–Crippen LogP) is 14.5. The van der Waals surface area contributed by atoms with E-state index in [-0.39, 0.29) is 0 Å². The molecule has 250 valence electrons. The summed E-state index contributed by atoms with van der Waals surface area (Å²) in [5.41, 5.74) is 13.0. The van der Waals surface area contributed by atoms with Crippen LogP contribution in [0, 0.1) is 0 Å². The molecule has 0 radical (unpaired) electrons. The van der Waals surface area contributed by atoms with E-state index in [1.165, 1.54) is 70.3 Å². The molecule has 0 fully saturated rings. The van der Waals surface area contributed by atoms with Gasteiger partial charge in [-0.2, -0.15) is 0 Å². The quantitative estimate of drug-likeness (QED) is 0.161. The number of anilines is 3. The first-order valence-corrected chi connectivity index (χ1v) is 18.8. The predicted molar refractivity (Wildman–Crippen MR) is 227 cm³/mol. The van der Waals surface area contributed by atoms with E-state index in [0.29, 0.717) is 0 Å². The molecule has 8 aromatic carbocycles. The number of nitrogens with zero attached hydrogens (tertiary/aromatic N) is 2. The topological polar surface area (TPSA) is 8.17 Å². The van der Waals surface area contributed by atoms with Gasteiger partial charge in [0.15, 0.2) is 0 Å². The first kappa shape index (κ1) is 31.1. The van der Waals surface area contributed by atoms with Crippen molar-refractivity contribution in [3.8, 4) is 39.1 Å². The molecule has 10 rings (SSSR count). The van der Waals surface area contributed by atoms with E-state index in [1.54, 1.807) is 0 Å². The van der Waals surface area contributed by atoms with Crippen LogP contribution in [-0.4, -0.2) is 4.57 Å². The largest absolute Gasteiger partial charge is 0.311 e. The molecular formula is C50H34N2S. The molecule has 0 saturated carbocycles. The minimum absolute atomic E-state index is 1.11. The lowest BCUT2D eigenvalue weighted by Gasteiger charge is -2.26. The smallest absolute Gasteiger partial charge is 0.109 e. The first-order chi connectivity index (χ1) is 26.3. The van der Waals surface area contributed by atoms with Gasteiger partial charge >= 0.3 is 0 Å². The molecule has 0 unspecified atom stereocenters. The zero-order valence-electron chi connectivity index (χ0n) is 28.9. The summed E-state index contributed by atoms with van der Waals surface area (Å²) in [5, 5.41) is 3.97. The second kappa shape index (κ2) is 13.1. The third-order valence-corrected chi connectivity index (χ3v) is 11.4. The second-order valence-electron chi connectivity index (χ2n) is 13.4. The van der Waals surface area contributed by atoms with Gasteiger partial charge in [0, 0.05) is 43.6 Å². The van der Waals surface area contributed by atoms with Crippen LogP contribution in [0.4, 0.5) is 17.1 Å². The molecule has 0 amide bonds.